The number of ether oxygens (including phenoxy) is 6. The van der Waals surface area contributed by atoms with Gasteiger partial charge in [-0.3, -0.25) is 19.2 Å². The van der Waals surface area contributed by atoms with Crippen molar-refractivity contribution in [3.8, 4) is 0 Å². The maximum absolute atomic E-state index is 15.0. The van der Waals surface area contributed by atoms with Crippen LogP contribution in [0.5, 0.6) is 0 Å². The van der Waals surface area contributed by atoms with E-state index in [1.807, 2.05) is 48.5 Å². The van der Waals surface area contributed by atoms with E-state index < -0.39 is 90.1 Å². The van der Waals surface area contributed by atoms with E-state index in [9.17, 15) is 24.0 Å². The van der Waals surface area contributed by atoms with E-state index in [0.717, 1.165) is 94.5 Å². The van der Waals surface area contributed by atoms with Crippen LogP contribution in [0.2, 0.25) is 0 Å². The first-order valence-electron chi connectivity index (χ1n) is 29.1. The van der Waals surface area contributed by atoms with Crippen LogP contribution in [0.4, 0.5) is 11.4 Å². The van der Waals surface area contributed by atoms with Crippen LogP contribution in [0, 0.1) is 23.7 Å². The summed E-state index contributed by atoms with van der Waals surface area (Å²) in [6.07, 6.45) is 3.54. The van der Waals surface area contributed by atoms with E-state index in [1.165, 1.54) is 42.6 Å². The van der Waals surface area contributed by atoms with Crippen molar-refractivity contribution in [3.63, 3.8) is 0 Å². The molecule has 3 saturated heterocycles. The molecular weight excluding hydrogens is 1010 g/mol. The molecule has 0 radical (unpaired) electrons. The lowest BCUT2D eigenvalue weighted by molar-refractivity contribution is -0.174. The molecule has 9 rings (SSSR count). The number of benzene rings is 2. The van der Waals surface area contributed by atoms with Crippen molar-refractivity contribution >= 4 is 52.9 Å². The second-order valence-corrected chi connectivity index (χ2v) is 23.6. The predicted octanol–water partition coefficient (Wildman–Crippen LogP) is 4.83. The first-order valence-corrected chi connectivity index (χ1v) is 29.1. The van der Waals surface area contributed by atoms with Gasteiger partial charge >= 0.3 is 17.9 Å². The second-order valence-electron chi connectivity index (χ2n) is 23.6. The van der Waals surface area contributed by atoms with Gasteiger partial charge in [-0.25, -0.2) is 14.4 Å². The molecule has 4 saturated carbocycles. The van der Waals surface area contributed by atoms with Gasteiger partial charge in [0, 0.05) is 78.6 Å². The Bertz CT molecular complexity index is 2450. The molecule has 2 aromatic rings. The Balaban J connectivity index is 1.02. The molecule has 0 aromatic heterocycles. The molecule has 7 fully saturated rings. The summed E-state index contributed by atoms with van der Waals surface area (Å²) >= 11 is 0. The van der Waals surface area contributed by atoms with Crippen molar-refractivity contribution in [2.45, 2.75) is 152 Å². The molecule has 0 spiro atoms. The van der Waals surface area contributed by atoms with E-state index in [0.29, 0.717) is 50.8 Å². The number of nitrogens with zero attached hydrogens (tertiary/aromatic N) is 6. The fraction of sp³-hybridized carbons (Fsp3) is 0.683. The Kier molecular flexibility index (Phi) is 19.2. The molecule has 2 aromatic carbocycles. The van der Waals surface area contributed by atoms with Crippen LogP contribution in [0.15, 0.2) is 48.5 Å². The zero-order valence-corrected chi connectivity index (χ0v) is 47.3. The average Bonchev–Trinajstić information content (AvgIpc) is 4.22. The number of hydrogen-bond donors (Lipinski definition) is 0. The van der Waals surface area contributed by atoms with Crippen molar-refractivity contribution in [1.82, 2.24) is 19.6 Å². The molecule has 432 valence electrons. The van der Waals surface area contributed by atoms with E-state index in [2.05, 4.69) is 9.80 Å². The van der Waals surface area contributed by atoms with Gasteiger partial charge in [0.1, 0.15) is 24.2 Å². The van der Waals surface area contributed by atoms with Gasteiger partial charge in [0.25, 0.3) is 23.6 Å². The number of rotatable bonds is 14. The minimum atomic E-state index is -1.42. The maximum Gasteiger partial charge on any atom is 0.329 e. The minimum absolute atomic E-state index is 0.0231. The first kappa shape index (κ1) is 57.9. The number of anilines is 2. The van der Waals surface area contributed by atoms with E-state index in [4.69, 9.17) is 28.4 Å². The lowest BCUT2D eigenvalue weighted by atomic mass is 10.0. The number of carbonyl (C=O) groups excluding carboxylic acids is 7. The second kappa shape index (κ2) is 26.2. The van der Waals surface area contributed by atoms with Crippen molar-refractivity contribution in [2.75, 3.05) is 97.2 Å². The normalized spacial score (nSPS) is 29.3. The van der Waals surface area contributed by atoms with Gasteiger partial charge in [0.15, 0.2) is 18.3 Å². The van der Waals surface area contributed by atoms with Gasteiger partial charge in [-0.05, 0) is 98.6 Å². The summed E-state index contributed by atoms with van der Waals surface area (Å²) in [5, 5.41) is 0. The lowest BCUT2D eigenvalue weighted by Gasteiger charge is -2.35. The molecule has 0 bridgehead atoms. The highest BCUT2D eigenvalue weighted by Crippen LogP contribution is 2.39. The number of morpholine rings is 2. The van der Waals surface area contributed by atoms with Crippen LogP contribution >= 0.6 is 0 Å². The van der Waals surface area contributed by atoms with Crippen LogP contribution in [0.3, 0.4) is 0 Å². The fourth-order valence-electron chi connectivity index (χ4n) is 11.2. The first-order chi connectivity index (χ1) is 38.0. The largest absolute Gasteiger partial charge is 0.451 e. The van der Waals surface area contributed by atoms with Gasteiger partial charge in [0.05, 0.1) is 39.1 Å². The fourth-order valence-corrected chi connectivity index (χ4v) is 11.2. The molecule has 3 heterocycles. The summed E-state index contributed by atoms with van der Waals surface area (Å²) < 4.78 is 36.2. The molecule has 3 aliphatic heterocycles. The maximum atomic E-state index is 15.0. The summed E-state index contributed by atoms with van der Waals surface area (Å²) in [4.78, 5) is 113. The molecule has 4 amide bonds. The monoisotopic (exact) mass is 1100 g/mol. The Morgan fingerprint density at radius 3 is 1.16 bits per heavy atom. The lowest BCUT2D eigenvalue weighted by Crippen LogP contribution is -2.54. The smallest absolute Gasteiger partial charge is 0.329 e. The molecule has 4 aliphatic carbocycles. The van der Waals surface area contributed by atoms with Gasteiger partial charge in [0.2, 0.25) is 0 Å². The highest BCUT2D eigenvalue weighted by molar-refractivity contribution is 5.93. The van der Waals surface area contributed by atoms with Gasteiger partial charge in [-0.2, -0.15) is 0 Å². The Morgan fingerprint density at radius 2 is 0.759 bits per heavy atom. The van der Waals surface area contributed by atoms with E-state index >= 15 is 9.59 Å². The third-order valence-electron chi connectivity index (χ3n) is 17.3. The van der Waals surface area contributed by atoms with Crippen molar-refractivity contribution in [2.24, 2.45) is 23.7 Å². The number of hydrogen-bond acceptors (Lipinski definition) is 15. The number of esters is 3. The Morgan fingerprint density at radius 1 is 0.418 bits per heavy atom. The third kappa shape index (κ3) is 15.6. The Labute approximate surface area is 465 Å². The SMILES string of the molecule is C[C@H]1OC(=O)[C@H](CC2CC2)N(C)C(=O)[C@@H](Cc2ccc(N3CCOCC3)cc2)OC(=O)[C@H](CC2CC2)N(C)C(=O)[C@@H](C)OC(=O)[C@H](CC2CC2)N(C)C(=O)[C@@H](Cc2ccc(N3CCOCC3)cc2)OC[C@H](CC2CC2)N(C)C1=O. The van der Waals surface area contributed by atoms with Gasteiger partial charge in [-0.1, -0.05) is 75.6 Å². The zero-order valence-electron chi connectivity index (χ0n) is 47.3. The number of carbonyl (C=O) groups is 7. The summed E-state index contributed by atoms with van der Waals surface area (Å²) in [5.41, 5.74) is 3.55. The van der Waals surface area contributed by atoms with Crippen molar-refractivity contribution in [1.29, 1.82) is 0 Å². The summed E-state index contributed by atoms with van der Waals surface area (Å²) in [5.74, 6) is -3.77. The third-order valence-corrected chi connectivity index (χ3v) is 17.3. The summed E-state index contributed by atoms with van der Waals surface area (Å²) in [6, 6.07) is 11.8. The number of cyclic esters (lactones) is 3. The highest BCUT2D eigenvalue weighted by Gasteiger charge is 2.45. The van der Waals surface area contributed by atoms with E-state index in [1.54, 1.807) is 19.0 Å². The molecule has 0 unspecified atom stereocenters. The van der Waals surface area contributed by atoms with E-state index in [-0.39, 0.29) is 50.0 Å². The van der Waals surface area contributed by atoms with Crippen LogP contribution in [-0.4, -0.2) is 197 Å². The minimum Gasteiger partial charge on any atom is -0.451 e. The van der Waals surface area contributed by atoms with Crippen LogP contribution in [0.25, 0.3) is 0 Å². The summed E-state index contributed by atoms with van der Waals surface area (Å²) in [6.45, 7) is 8.43. The Hall–Kier alpha value is -5.79. The van der Waals surface area contributed by atoms with Crippen molar-refractivity contribution < 1.29 is 62.0 Å². The number of likely N-dealkylation sites (N-methyl/N-ethyl adjacent to an activating group) is 4. The standard InChI is InChI=1S/C60H84N6O13/c1-38-54(67)61(3)48(31-40-7-8-40)37-76-52(35-44-15-19-46(20-16-44)65-23-27-74-28-24-65)56(69)63(5)49(32-41-9-10-41)58(71)78-39(2)55(68)62(4)51(34-43-13-14-43)60(73)79-53(57(70)64(6)50(59(72)77-38)33-42-11-12-42)36-45-17-21-47(22-18-45)66-25-29-75-30-26-66/h15-22,38-43,48-53H,7-14,23-37H2,1-6H3/t38-,39-,48+,49+,50+,51+,52-,53-/m1/s1. The molecule has 8 atom stereocenters. The van der Waals surface area contributed by atoms with Crippen LogP contribution < -0.4 is 9.80 Å². The zero-order chi connectivity index (χ0) is 55.9. The van der Waals surface area contributed by atoms with Crippen molar-refractivity contribution in [3.05, 3.63) is 59.7 Å². The quantitative estimate of drug-likeness (QED) is 0.184. The molecule has 79 heavy (non-hydrogen) atoms. The van der Waals surface area contributed by atoms with Crippen LogP contribution in [0.1, 0.15) is 102 Å². The molecule has 19 heteroatoms. The number of amides is 4. The predicted molar refractivity (Wildman–Crippen MR) is 293 cm³/mol. The topological polar surface area (TPSA) is 194 Å². The summed E-state index contributed by atoms with van der Waals surface area (Å²) in [7, 11) is 6.20. The molecular formula is C60H84N6O13. The molecule has 19 nitrogen and oxygen atoms in total. The van der Waals surface area contributed by atoms with Gasteiger partial charge < -0.3 is 57.8 Å². The molecule has 0 N–H and O–H groups in total. The van der Waals surface area contributed by atoms with Crippen LogP contribution in [-0.2, 0) is 74.8 Å². The van der Waals surface area contributed by atoms with Gasteiger partial charge in [-0.15, -0.1) is 0 Å². The molecule has 7 aliphatic rings. The highest BCUT2D eigenvalue weighted by atomic mass is 16.6. The average molecular weight is 1100 g/mol.